The number of urea groups is 1. The maximum atomic E-state index is 14.1. The Morgan fingerprint density at radius 2 is 1.76 bits per heavy atom. The Morgan fingerprint density at radius 3 is 2.50 bits per heavy atom. The third-order valence-electron chi connectivity index (χ3n) is 7.72. The second-order valence-electron chi connectivity index (χ2n) is 9.98. The summed E-state index contributed by atoms with van der Waals surface area (Å²) in [5, 5.41) is 3.11. The van der Waals surface area contributed by atoms with Gasteiger partial charge in [-0.05, 0) is 68.8 Å². The van der Waals surface area contributed by atoms with E-state index in [1.807, 2.05) is 6.07 Å². The molecule has 0 bridgehead atoms. The fourth-order valence-electron chi connectivity index (χ4n) is 5.86. The van der Waals surface area contributed by atoms with Crippen LogP contribution in [-0.2, 0) is 6.42 Å². The van der Waals surface area contributed by atoms with Crippen molar-refractivity contribution in [1.82, 2.24) is 10.2 Å². The predicted molar refractivity (Wildman–Crippen MR) is 135 cm³/mol. The zero-order chi connectivity index (χ0) is 23.4. The van der Waals surface area contributed by atoms with Gasteiger partial charge in [0, 0.05) is 18.8 Å². The lowest BCUT2D eigenvalue weighted by atomic mass is 9.84. The van der Waals surface area contributed by atoms with E-state index in [-0.39, 0.29) is 17.9 Å². The number of hydrogen-bond donors (Lipinski definition) is 1. The summed E-state index contributed by atoms with van der Waals surface area (Å²) in [7, 11) is 0. The molecule has 3 aliphatic rings. The van der Waals surface area contributed by atoms with E-state index in [0.717, 1.165) is 64.0 Å². The molecule has 1 saturated carbocycles. The van der Waals surface area contributed by atoms with Gasteiger partial charge >= 0.3 is 6.03 Å². The highest BCUT2D eigenvalue weighted by atomic mass is 19.1. The maximum absolute atomic E-state index is 14.1. The average molecular weight is 463 g/mol. The number of hydrogen-bond acceptors (Lipinski definition) is 3. The highest BCUT2D eigenvalue weighted by Gasteiger charge is 2.53. The third-order valence-corrected chi connectivity index (χ3v) is 7.72. The molecule has 2 amide bonds. The molecule has 2 heterocycles. The van der Waals surface area contributed by atoms with Crippen LogP contribution < -0.4 is 10.2 Å². The molecule has 0 aromatic heterocycles. The van der Waals surface area contributed by atoms with Gasteiger partial charge in [0.15, 0.2) is 0 Å². The lowest BCUT2D eigenvalue weighted by Gasteiger charge is -2.44. The molecule has 3 fully saturated rings. The molecule has 0 unspecified atom stereocenters. The van der Waals surface area contributed by atoms with Gasteiger partial charge in [-0.3, -0.25) is 15.2 Å². The molecular formula is C28H35FN4O. The van der Waals surface area contributed by atoms with Crippen LogP contribution in [-0.4, -0.2) is 48.0 Å². The highest BCUT2D eigenvalue weighted by Crippen LogP contribution is 2.39. The number of amides is 2. The second-order valence-corrected chi connectivity index (χ2v) is 9.98. The normalized spacial score (nSPS) is 22.4. The first-order chi connectivity index (χ1) is 16.6. The highest BCUT2D eigenvalue weighted by molar-refractivity contribution is 6.19. The standard InChI is InChI=1S/C28H35FN4O/c29-23-12-7-15-25(21-23)33-27(34)31-26(30-24-13-5-2-6-14-24)28(33)16-19-32(20-17-28)18-8-11-22-9-3-1-4-10-22/h1,3-4,7,9-10,12,15,21,24H,2,5-6,8,11,13-14,16-20H2,(H,30,31,34). The summed E-state index contributed by atoms with van der Waals surface area (Å²) in [6.45, 7) is 2.85. The summed E-state index contributed by atoms with van der Waals surface area (Å²) >= 11 is 0. The number of nitrogens with one attached hydrogen (secondary N) is 1. The van der Waals surface area contributed by atoms with Crippen LogP contribution in [0, 0.1) is 5.82 Å². The first-order valence-corrected chi connectivity index (χ1v) is 12.9. The molecule has 1 aliphatic carbocycles. The number of amidine groups is 1. The largest absolute Gasteiger partial charge is 0.328 e. The van der Waals surface area contributed by atoms with E-state index in [2.05, 4.69) is 40.5 Å². The van der Waals surface area contributed by atoms with Crippen molar-refractivity contribution in [1.29, 1.82) is 0 Å². The third kappa shape index (κ3) is 4.88. The lowest BCUT2D eigenvalue weighted by molar-refractivity contribution is 0.189. The minimum Gasteiger partial charge on any atom is -0.303 e. The van der Waals surface area contributed by atoms with E-state index in [1.54, 1.807) is 11.0 Å². The number of halogens is 1. The van der Waals surface area contributed by atoms with Crippen molar-refractivity contribution in [3.63, 3.8) is 0 Å². The number of rotatable bonds is 6. The molecule has 6 heteroatoms. The molecule has 34 heavy (non-hydrogen) atoms. The molecule has 0 atom stereocenters. The minimum atomic E-state index is -0.516. The first kappa shape index (κ1) is 23.0. The number of carbonyl (C=O) groups is 1. The van der Waals surface area contributed by atoms with E-state index in [9.17, 15) is 9.18 Å². The molecule has 5 nitrogen and oxygen atoms in total. The molecule has 2 aromatic carbocycles. The molecule has 180 valence electrons. The van der Waals surface area contributed by atoms with Crippen molar-refractivity contribution in [2.45, 2.75) is 69.4 Å². The average Bonchev–Trinajstić information content (AvgIpc) is 3.12. The van der Waals surface area contributed by atoms with Crippen molar-refractivity contribution in [2.24, 2.45) is 4.99 Å². The SMILES string of the molecule is O=C1NC(=NC2CCCCC2)C2(CCN(CCCc3ccccc3)CC2)N1c1cccc(F)c1. The van der Waals surface area contributed by atoms with Crippen molar-refractivity contribution >= 4 is 17.6 Å². The van der Waals surface area contributed by atoms with E-state index in [4.69, 9.17) is 4.99 Å². The number of aryl methyl sites for hydroxylation is 1. The van der Waals surface area contributed by atoms with Crippen LogP contribution in [0.25, 0.3) is 0 Å². The number of carbonyl (C=O) groups excluding carboxylic acids is 1. The number of likely N-dealkylation sites (tertiary alicyclic amines) is 1. The summed E-state index contributed by atoms with van der Waals surface area (Å²) in [6, 6.07) is 17.1. The van der Waals surface area contributed by atoms with Crippen LogP contribution >= 0.6 is 0 Å². The zero-order valence-electron chi connectivity index (χ0n) is 19.9. The van der Waals surface area contributed by atoms with Gasteiger partial charge < -0.3 is 4.90 Å². The van der Waals surface area contributed by atoms with Gasteiger partial charge in [-0.25, -0.2) is 9.18 Å². The van der Waals surface area contributed by atoms with Crippen LogP contribution in [0.4, 0.5) is 14.9 Å². The molecule has 0 radical (unpaired) electrons. The van der Waals surface area contributed by atoms with Gasteiger partial charge in [0.25, 0.3) is 0 Å². The van der Waals surface area contributed by atoms with Crippen LogP contribution in [0.3, 0.4) is 0 Å². The number of nitrogens with zero attached hydrogens (tertiary/aromatic N) is 3. The van der Waals surface area contributed by atoms with E-state index in [1.165, 1.54) is 37.0 Å². The van der Waals surface area contributed by atoms with Crippen molar-refractivity contribution < 1.29 is 9.18 Å². The van der Waals surface area contributed by atoms with Gasteiger partial charge in [-0.2, -0.15) is 0 Å². The Labute approximate surface area is 202 Å². The first-order valence-electron chi connectivity index (χ1n) is 12.9. The number of benzene rings is 2. The van der Waals surface area contributed by atoms with E-state index in [0.29, 0.717) is 5.69 Å². The van der Waals surface area contributed by atoms with Gasteiger partial charge in [0.05, 0.1) is 6.04 Å². The van der Waals surface area contributed by atoms with E-state index < -0.39 is 5.54 Å². The molecule has 5 rings (SSSR count). The number of piperidine rings is 1. The summed E-state index contributed by atoms with van der Waals surface area (Å²) in [5.74, 6) is 0.481. The lowest BCUT2D eigenvalue weighted by Crippen LogP contribution is -2.57. The van der Waals surface area contributed by atoms with Gasteiger partial charge in [0.1, 0.15) is 17.2 Å². The fourth-order valence-corrected chi connectivity index (χ4v) is 5.86. The second kappa shape index (κ2) is 10.3. The van der Waals surface area contributed by atoms with Crippen molar-refractivity contribution in [2.75, 3.05) is 24.5 Å². The Kier molecular flexibility index (Phi) is 6.95. The Balaban J connectivity index is 1.33. The predicted octanol–water partition coefficient (Wildman–Crippen LogP) is 5.55. The topological polar surface area (TPSA) is 47.9 Å². The van der Waals surface area contributed by atoms with Gasteiger partial charge in [-0.15, -0.1) is 0 Å². The van der Waals surface area contributed by atoms with Crippen molar-refractivity contribution in [3.8, 4) is 0 Å². The summed E-state index contributed by atoms with van der Waals surface area (Å²) in [6.07, 6.45) is 9.64. The zero-order valence-corrected chi connectivity index (χ0v) is 19.9. The van der Waals surface area contributed by atoms with Crippen LogP contribution in [0.1, 0.15) is 56.9 Å². The molecule has 2 aromatic rings. The molecule has 1 N–H and O–H groups in total. The van der Waals surface area contributed by atoms with Gasteiger partial charge in [-0.1, -0.05) is 55.7 Å². The summed E-state index contributed by atoms with van der Waals surface area (Å²) in [4.78, 5) is 22.6. The molecule has 2 saturated heterocycles. The van der Waals surface area contributed by atoms with Crippen molar-refractivity contribution in [3.05, 3.63) is 66.0 Å². The smallest absolute Gasteiger partial charge is 0.303 e. The monoisotopic (exact) mass is 462 g/mol. The Morgan fingerprint density at radius 1 is 1.00 bits per heavy atom. The minimum absolute atomic E-state index is 0.183. The molecule has 1 spiro atoms. The molecular weight excluding hydrogens is 427 g/mol. The van der Waals surface area contributed by atoms with Gasteiger partial charge in [0.2, 0.25) is 0 Å². The van der Waals surface area contributed by atoms with E-state index >= 15 is 0 Å². The van der Waals surface area contributed by atoms with Crippen LogP contribution in [0.15, 0.2) is 59.6 Å². The number of aliphatic imine (C=N–C) groups is 1. The maximum Gasteiger partial charge on any atom is 0.328 e. The van der Waals surface area contributed by atoms with Crippen LogP contribution in [0.5, 0.6) is 0 Å². The number of anilines is 1. The Bertz CT molecular complexity index is 1010. The Hall–Kier alpha value is -2.73. The summed E-state index contributed by atoms with van der Waals surface area (Å²) in [5.41, 5.74) is 1.47. The van der Waals surface area contributed by atoms with Crippen LogP contribution in [0.2, 0.25) is 0 Å². The fraction of sp³-hybridized carbons (Fsp3) is 0.500. The molecule has 2 aliphatic heterocycles. The quantitative estimate of drug-likeness (QED) is 0.612. The summed E-state index contributed by atoms with van der Waals surface area (Å²) < 4.78 is 14.1.